The predicted octanol–water partition coefficient (Wildman–Crippen LogP) is 1.72. The summed E-state index contributed by atoms with van der Waals surface area (Å²) in [5, 5.41) is 28.5. The Morgan fingerprint density at radius 1 is 1.12 bits per heavy atom. The van der Waals surface area contributed by atoms with Gasteiger partial charge in [-0.3, -0.25) is 0 Å². The molecule has 0 bridgehead atoms. The Hall–Kier alpha value is -1.26. The zero-order chi connectivity index (χ0) is 13.0. The number of hydrogen-bond donors (Lipinski definition) is 3. The van der Waals surface area contributed by atoms with Crippen molar-refractivity contribution >= 4 is 0 Å². The first-order chi connectivity index (χ1) is 7.90. The smallest absolute Gasteiger partial charge is 0.157 e. The summed E-state index contributed by atoms with van der Waals surface area (Å²) in [6.45, 7) is 5.65. The molecule has 0 fully saturated rings. The average molecular weight is 239 g/mol. The van der Waals surface area contributed by atoms with Crippen LogP contribution in [0.25, 0.3) is 0 Å². The molecule has 0 aliphatic carbocycles. The van der Waals surface area contributed by atoms with Crippen molar-refractivity contribution < 1.29 is 15.3 Å². The molecule has 96 valence electrons. The largest absolute Gasteiger partial charge is 0.504 e. The van der Waals surface area contributed by atoms with E-state index in [4.69, 9.17) is 0 Å². The standard InChI is InChI=1S/C13H21NO3/c1-9(2)7-14(3)8-13(17)10-4-5-11(15)12(16)6-10/h4-6,9,13,15-17H,7-8H2,1-3H3. The number of likely N-dealkylation sites (N-methyl/N-ethyl adjacent to an activating group) is 1. The zero-order valence-electron chi connectivity index (χ0n) is 10.6. The predicted molar refractivity (Wildman–Crippen MR) is 67.1 cm³/mol. The van der Waals surface area contributed by atoms with Crippen LogP contribution in [0.5, 0.6) is 11.5 Å². The van der Waals surface area contributed by atoms with Crippen LogP contribution in [0.4, 0.5) is 0 Å². The van der Waals surface area contributed by atoms with Crippen LogP contribution in [0.1, 0.15) is 25.5 Å². The Labute approximate surface area is 102 Å². The van der Waals surface area contributed by atoms with E-state index in [1.165, 1.54) is 12.1 Å². The van der Waals surface area contributed by atoms with Gasteiger partial charge >= 0.3 is 0 Å². The van der Waals surface area contributed by atoms with Gasteiger partial charge in [-0.1, -0.05) is 19.9 Å². The molecule has 4 heteroatoms. The van der Waals surface area contributed by atoms with Crippen molar-refractivity contribution in [3.8, 4) is 11.5 Å². The second-order valence-corrected chi connectivity index (χ2v) is 4.88. The van der Waals surface area contributed by atoms with Gasteiger partial charge in [-0.2, -0.15) is 0 Å². The van der Waals surface area contributed by atoms with Crippen LogP contribution < -0.4 is 0 Å². The van der Waals surface area contributed by atoms with E-state index in [0.717, 1.165) is 6.54 Å². The molecule has 0 saturated heterocycles. The maximum absolute atomic E-state index is 9.98. The molecule has 1 unspecified atom stereocenters. The minimum atomic E-state index is -0.662. The highest BCUT2D eigenvalue weighted by atomic mass is 16.3. The highest BCUT2D eigenvalue weighted by Crippen LogP contribution is 2.27. The summed E-state index contributed by atoms with van der Waals surface area (Å²) in [7, 11) is 1.95. The molecule has 1 aromatic carbocycles. The molecule has 0 aliphatic rings. The SMILES string of the molecule is CC(C)CN(C)CC(O)c1ccc(O)c(O)c1. The molecule has 0 aliphatic heterocycles. The Kier molecular flexibility index (Phi) is 4.78. The third-order valence-electron chi connectivity index (χ3n) is 2.55. The molecule has 0 spiro atoms. The topological polar surface area (TPSA) is 63.9 Å². The summed E-state index contributed by atoms with van der Waals surface area (Å²) < 4.78 is 0. The number of aliphatic hydroxyl groups is 1. The van der Waals surface area contributed by atoms with Crippen molar-refractivity contribution in [1.82, 2.24) is 4.90 Å². The molecule has 17 heavy (non-hydrogen) atoms. The number of hydrogen-bond acceptors (Lipinski definition) is 4. The van der Waals surface area contributed by atoms with Crippen LogP contribution in [0.3, 0.4) is 0 Å². The van der Waals surface area contributed by atoms with Gasteiger partial charge in [0.2, 0.25) is 0 Å². The molecular weight excluding hydrogens is 218 g/mol. The van der Waals surface area contributed by atoms with Gasteiger partial charge in [0.05, 0.1) is 6.10 Å². The highest BCUT2D eigenvalue weighted by Gasteiger charge is 2.13. The number of phenols is 2. The lowest BCUT2D eigenvalue weighted by atomic mass is 10.1. The zero-order valence-corrected chi connectivity index (χ0v) is 10.6. The van der Waals surface area contributed by atoms with E-state index >= 15 is 0 Å². The van der Waals surface area contributed by atoms with Gasteiger partial charge in [0.1, 0.15) is 0 Å². The normalized spacial score (nSPS) is 13.3. The molecule has 0 saturated carbocycles. The minimum Gasteiger partial charge on any atom is -0.504 e. The Balaban J connectivity index is 2.63. The van der Waals surface area contributed by atoms with E-state index in [1.54, 1.807) is 6.07 Å². The molecule has 0 aromatic heterocycles. The van der Waals surface area contributed by atoms with Gasteiger partial charge < -0.3 is 20.2 Å². The number of aliphatic hydroxyl groups excluding tert-OH is 1. The second-order valence-electron chi connectivity index (χ2n) is 4.88. The summed E-state index contributed by atoms with van der Waals surface area (Å²) in [6, 6.07) is 4.39. The molecule has 0 amide bonds. The van der Waals surface area contributed by atoms with Crippen LogP contribution in [-0.4, -0.2) is 40.4 Å². The van der Waals surface area contributed by atoms with Crippen molar-refractivity contribution in [3.05, 3.63) is 23.8 Å². The summed E-state index contributed by atoms with van der Waals surface area (Å²) in [6.07, 6.45) is -0.662. The van der Waals surface area contributed by atoms with Gasteiger partial charge in [-0.25, -0.2) is 0 Å². The van der Waals surface area contributed by atoms with E-state index in [-0.39, 0.29) is 11.5 Å². The van der Waals surface area contributed by atoms with Crippen molar-refractivity contribution in [1.29, 1.82) is 0 Å². The van der Waals surface area contributed by atoms with Crippen molar-refractivity contribution in [2.45, 2.75) is 20.0 Å². The van der Waals surface area contributed by atoms with Crippen molar-refractivity contribution in [3.63, 3.8) is 0 Å². The molecule has 1 rings (SSSR count). The lowest BCUT2D eigenvalue weighted by Crippen LogP contribution is -2.28. The first-order valence-electron chi connectivity index (χ1n) is 5.78. The molecule has 0 heterocycles. The van der Waals surface area contributed by atoms with Crippen molar-refractivity contribution in [2.75, 3.05) is 20.1 Å². The molecule has 0 radical (unpaired) electrons. The average Bonchev–Trinajstić information content (AvgIpc) is 2.20. The maximum Gasteiger partial charge on any atom is 0.157 e. The van der Waals surface area contributed by atoms with E-state index < -0.39 is 6.10 Å². The fraction of sp³-hybridized carbons (Fsp3) is 0.538. The lowest BCUT2D eigenvalue weighted by Gasteiger charge is -2.22. The second kappa shape index (κ2) is 5.89. The number of aromatic hydroxyl groups is 2. The Morgan fingerprint density at radius 3 is 2.29 bits per heavy atom. The van der Waals surface area contributed by atoms with Gasteiger partial charge in [0.15, 0.2) is 11.5 Å². The summed E-state index contributed by atoms with van der Waals surface area (Å²) in [5.74, 6) is 0.171. The molecule has 1 aromatic rings. The quantitative estimate of drug-likeness (QED) is 0.685. The number of nitrogens with zero attached hydrogens (tertiary/aromatic N) is 1. The van der Waals surface area contributed by atoms with Crippen LogP contribution in [0.2, 0.25) is 0 Å². The van der Waals surface area contributed by atoms with Crippen LogP contribution >= 0.6 is 0 Å². The first-order valence-corrected chi connectivity index (χ1v) is 5.78. The fourth-order valence-corrected chi connectivity index (χ4v) is 1.85. The van der Waals surface area contributed by atoms with Gasteiger partial charge in [-0.05, 0) is 30.7 Å². The van der Waals surface area contributed by atoms with Crippen molar-refractivity contribution in [2.24, 2.45) is 5.92 Å². The van der Waals surface area contributed by atoms with E-state index in [0.29, 0.717) is 18.0 Å². The summed E-state index contributed by atoms with van der Waals surface area (Å²) >= 11 is 0. The number of benzene rings is 1. The van der Waals surface area contributed by atoms with Gasteiger partial charge in [0, 0.05) is 13.1 Å². The number of rotatable bonds is 5. The van der Waals surface area contributed by atoms with Crippen LogP contribution in [0.15, 0.2) is 18.2 Å². The van der Waals surface area contributed by atoms with Gasteiger partial charge in [0.25, 0.3) is 0 Å². The lowest BCUT2D eigenvalue weighted by molar-refractivity contribution is 0.121. The molecule has 1 atom stereocenters. The fourth-order valence-electron chi connectivity index (χ4n) is 1.85. The van der Waals surface area contributed by atoms with E-state index in [9.17, 15) is 15.3 Å². The molecule has 3 N–H and O–H groups in total. The van der Waals surface area contributed by atoms with Crippen LogP contribution in [0, 0.1) is 5.92 Å². The molecular formula is C13H21NO3. The summed E-state index contributed by atoms with van der Waals surface area (Å²) in [5.41, 5.74) is 0.607. The minimum absolute atomic E-state index is 0.170. The molecule has 4 nitrogen and oxygen atoms in total. The van der Waals surface area contributed by atoms with Gasteiger partial charge in [-0.15, -0.1) is 0 Å². The highest BCUT2D eigenvalue weighted by molar-refractivity contribution is 5.41. The Bertz CT molecular complexity index is 366. The van der Waals surface area contributed by atoms with E-state index in [1.807, 2.05) is 11.9 Å². The Morgan fingerprint density at radius 2 is 1.76 bits per heavy atom. The maximum atomic E-state index is 9.98. The van der Waals surface area contributed by atoms with Crippen LogP contribution in [-0.2, 0) is 0 Å². The monoisotopic (exact) mass is 239 g/mol. The summed E-state index contributed by atoms with van der Waals surface area (Å²) in [4.78, 5) is 2.04. The third kappa shape index (κ3) is 4.24. The number of phenolic OH excluding ortho intramolecular Hbond substituents is 2. The third-order valence-corrected chi connectivity index (χ3v) is 2.55. The van der Waals surface area contributed by atoms with E-state index in [2.05, 4.69) is 13.8 Å². The first kappa shape index (κ1) is 13.8.